The first-order valence-electron chi connectivity index (χ1n) is 5.56. The molecule has 0 fully saturated rings. The van der Waals surface area contributed by atoms with Crippen molar-refractivity contribution in [1.29, 1.82) is 0 Å². The molecular formula is C13H15N3O2. The Labute approximate surface area is 105 Å². The van der Waals surface area contributed by atoms with Crippen LogP contribution in [0, 0.1) is 6.92 Å². The molecule has 0 bridgehead atoms. The Morgan fingerprint density at radius 2 is 2.00 bits per heavy atom. The van der Waals surface area contributed by atoms with E-state index in [1.165, 1.54) is 0 Å². The quantitative estimate of drug-likeness (QED) is 0.899. The normalized spacial score (nSPS) is 10.2. The highest BCUT2D eigenvalue weighted by molar-refractivity contribution is 6.04. The van der Waals surface area contributed by atoms with E-state index in [4.69, 9.17) is 4.74 Å². The molecule has 1 aromatic heterocycles. The smallest absolute Gasteiger partial charge is 0.259 e. The third-order valence-electron chi connectivity index (χ3n) is 2.61. The highest BCUT2D eigenvalue weighted by atomic mass is 16.5. The second-order valence-electron chi connectivity index (χ2n) is 3.98. The Morgan fingerprint density at radius 1 is 1.33 bits per heavy atom. The maximum atomic E-state index is 12.0. The molecule has 0 aliphatic rings. The molecule has 0 spiro atoms. The molecule has 5 nitrogen and oxygen atoms in total. The fourth-order valence-electron chi connectivity index (χ4n) is 1.70. The van der Waals surface area contributed by atoms with E-state index in [1.54, 1.807) is 49.3 Å². The van der Waals surface area contributed by atoms with Crippen molar-refractivity contribution in [3.05, 3.63) is 41.7 Å². The van der Waals surface area contributed by atoms with Gasteiger partial charge in [-0.25, -0.2) is 0 Å². The zero-order valence-corrected chi connectivity index (χ0v) is 10.6. The fraction of sp³-hybridized carbons (Fsp3) is 0.231. The maximum Gasteiger partial charge on any atom is 0.259 e. The molecule has 0 aliphatic heterocycles. The van der Waals surface area contributed by atoms with Crippen molar-refractivity contribution in [3.8, 4) is 5.75 Å². The van der Waals surface area contributed by atoms with Crippen molar-refractivity contribution in [1.82, 2.24) is 9.78 Å². The Kier molecular flexibility index (Phi) is 3.32. The van der Waals surface area contributed by atoms with Gasteiger partial charge in [-0.1, -0.05) is 0 Å². The number of carbonyl (C=O) groups is 1. The van der Waals surface area contributed by atoms with Crippen molar-refractivity contribution < 1.29 is 9.53 Å². The summed E-state index contributed by atoms with van der Waals surface area (Å²) in [5, 5.41) is 6.95. The van der Waals surface area contributed by atoms with Crippen LogP contribution in [0.15, 0.2) is 30.5 Å². The predicted octanol–water partition coefficient (Wildman–Crippen LogP) is 1.99. The number of aromatic nitrogens is 2. The van der Waals surface area contributed by atoms with Crippen LogP contribution in [0.3, 0.4) is 0 Å². The second kappa shape index (κ2) is 4.91. The number of ether oxygens (including phenoxy) is 1. The summed E-state index contributed by atoms with van der Waals surface area (Å²) in [6, 6.07) is 7.18. The molecule has 18 heavy (non-hydrogen) atoms. The minimum absolute atomic E-state index is 0.161. The van der Waals surface area contributed by atoms with E-state index in [0.717, 1.165) is 11.4 Å². The third-order valence-corrected chi connectivity index (χ3v) is 2.61. The van der Waals surface area contributed by atoms with Crippen molar-refractivity contribution in [2.45, 2.75) is 6.92 Å². The van der Waals surface area contributed by atoms with Gasteiger partial charge in [0.25, 0.3) is 5.91 Å². The van der Waals surface area contributed by atoms with Crippen molar-refractivity contribution in [3.63, 3.8) is 0 Å². The number of anilines is 1. The summed E-state index contributed by atoms with van der Waals surface area (Å²) in [5.74, 6) is 0.594. The van der Waals surface area contributed by atoms with Crippen LogP contribution in [0.4, 0.5) is 5.69 Å². The van der Waals surface area contributed by atoms with Crippen molar-refractivity contribution >= 4 is 11.6 Å². The summed E-state index contributed by atoms with van der Waals surface area (Å²) in [5.41, 5.74) is 2.01. The lowest BCUT2D eigenvalue weighted by molar-refractivity contribution is 0.102. The number of nitrogens with zero attached hydrogens (tertiary/aromatic N) is 2. The Balaban J connectivity index is 2.13. The minimum atomic E-state index is -0.161. The molecule has 1 amide bonds. The van der Waals surface area contributed by atoms with E-state index >= 15 is 0 Å². The number of hydrogen-bond donors (Lipinski definition) is 1. The Morgan fingerprint density at radius 3 is 2.50 bits per heavy atom. The van der Waals surface area contributed by atoms with Gasteiger partial charge in [-0.15, -0.1) is 0 Å². The van der Waals surface area contributed by atoms with Crippen LogP contribution < -0.4 is 10.1 Å². The van der Waals surface area contributed by atoms with Gasteiger partial charge in [0.15, 0.2) is 0 Å². The van der Waals surface area contributed by atoms with Crippen LogP contribution in [0.1, 0.15) is 16.1 Å². The summed E-state index contributed by atoms with van der Waals surface area (Å²) in [7, 11) is 3.39. The maximum absolute atomic E-state index is 12.0. The van der Waals surface area contributed by atoms with Gasteiger partial charge in [0.1, 0.15) is 5.75 Å². The highest BCUT2D eigenvalue weighted by Crippen LogP contribution is 2.16. The minimum Gasteiger partial charge on any atom is -0.497 e. The molecule has 5 heteroatoms. The zero-order valence-electron chi connectivity index (χ0n) is 10.6. The van der Waals surface area contributed by atoms with Crippen LogP contribution in [0.5, 0.6) is 5.75 Å². The molecule has 0 atom stereocenters. The van der Waals surface area contributed by atoms with Crippen molar-refractivity contribution in [2.24, 2.45) is 7.05 Å². The first-order valence-corrected chi connectivity index (χ1v) is 5.56. The molecule has 1 N–H and O–H groups in total. The fourth-order valence-corrected chi connectivity index (χ4v) is 1.70. The van der Waals surface area contributed by atoms with Crippen molar-refractivity contribution in [2.75, 3.05) is 12.4 Å². The molecule has 0 aliphatic carbocycles. The van der Waals surface area contributed by atoms with E-state index < -0.39 is 0 Å². The van der Waals surface area contributed by atoms with Gasteiger partial charge in [-0.2, -0.15) is 5.10 Å². The van der Waals surface area contributed by atoms with Crippen LogP contribution in [-0.4, -0.2) is 22.8 Å². The number of nitrogens with one attached hydrogen (secondary N) is 1. The first-order chi connectivity index (χ1) is 8.60. The molecular weight excluding hydrogens is 230 g/mol. The summed E-state index contributed by atoms with van der Waals surface area (Å²) in [6.07, 6.45) is 1.70. The van der Waals surface area contributed by atoms with Gasteiger partial charge in [-0.05, 0) is 31.2 Å². The van der Waals surface area contributed by atoms with E-state index in [2.05, 4.69) is 10.4 Å². The average Bonchev–Trinajstić information content (AvgIpc) is 2.69. The topological polar surface area (TPSA) is 56.1 Å². The predicted molar refractivity (Wildman–Crippen MR) is 68.9 cm³/mol. The molecule has 2 aromatic rings. The molecule has 94 valence electrons. The molecule has 0 unspecified atom stereocenters. The Hall–Kier alpha value is -2.30. The van der Waals surface area contributed by atoms with Gasteiger partial charge in [-0.3, -0.25) is 9.48 Å². The van der Waals surface area contributed by atoms with Gasteiger partial charge in [0.05, 0.1) is 18.4 Å². The lowest BCUT2D eigenvalue weighted by Gasteiger charge is -2.05. The molecule has 0 radical (unpaired) electrons. The number of rotatable bonds is 3. The number of carbonyl (C=O) groups excluding carboxylic acids is 1. The number of methoxy groups -OCH3 is 1. The van der Waals surface area contributed by atoms with Crippen LogP contribution in [0.2, 0.25) is 0 Å². The summed E-state index contributed by atoms with van der Waals surface area (Å²) in [6.45, 7) is 1.81. The number of amides is 1. The lowest BCUT2D eigenvalue weighted by Crippen LogP contribution is -2.12. The molecule has 1 aromatic carbocycles. The Bertz CT molecular complexity index is 558. The largest absolute Gasteiger partial charge is 0.497 e. The second-order valence-corrected chi connectivity index (χ2v) is 3.98. The number of aryl methyl sites for hydroxylation is 2. The van der Waals surface area contributed by atoms with Crippen LogP contribution >= 0.6 is 0 Å². The number of hydrogen-bond acceptors (Lipinski definition) is 3. The highest BCUT2D eigenvalue weighted by Gasteiger charge is 2.12. The van der Waals surface area contributed by atoms with E-state index in [9.17, 15) is 4.79 Å². The van der Waals surface area contributed by atoms with Crippen LogP contribution in [-0.2, 0) is 7.05 Å². The number of benzene rings is 1. The standard InChI is InChI=1S/C13H15N3O2/c1-9-12(8-16(2)15-9)13(17)14-10-4-6-11(18-3)7-5-10/h4-8H,1-3H3,(H,14,17). The van der Waals surface area contributed by atoms with Gasteiger partial charge in [0, 0.05) is 18.9 Å². The molecule has 0 saturated carbocycles. The van der Waals surface area contributed by atoms with Gasteiger partial charge in [0.2, 0.25) is 0 Å². The van der Waals surface area contributed by atoms with E-state index in [1.807, 2.05) is 6.92 Å². The SMILES string of the molecule is COc1ccc(NC(=O)c2cn(C)nc2C)cc1. The zero-order chi connectivity index (χ0) is 13.1. The first kappa shape index (κ1) is 12.2. The monoisotopic (exact) mass is 245 g/mol. The molecule has 0 saturated heterocycles. The molecule has 2 rings (SSSR count). The van der Waals surface area contributed by atoms with Gasteiger partial charge >= 0.3 is 0 Å². The molecule has 1 heterocycles. The lowest BCUT2D eigenvalue weighted by atomic mass is 10.2. The summed E-state index contributed by atoms with van der Waals surface area (Å²) < 4.78 is 6.68. The average molecular weight is 245 g/mol. The van der Waals surface area contributed by atoms with E-state index in [0.29, 0.717) is 11.3 Å². The van der Waals surface area contributed by atoms with E-state index in [-0.39, 0.29) is 5.91 Å². The van der Waals surface area contributed by atoms with Gasteiger partial charge < -0.3 is 10.1 Å². The summed E-state index contributed by atoms with van der Waals surface area (Å²) >= 11 is 0. The third kappa shape index (κ3) is 2.51. The van der Waals surface area contributed by atoms with Crippen LogP contribution in [0.25, 0.3) is 0 Å². The summed E-state index contributed by atoms with van der Waals surface area (Å²) in [4.78, 5) is 12.0.